The summed E-state index contributed by atoms with van der Waals surface area (Å²) in [6, 6.07) is 6.77. The molecule has 140 valence electrons. The average molecular weight is 424 g/mol. The third kappa shape index (κ3) is 5.06. The zero-order chi connectivity index (χ0) is 19.4. The molecule has 2 aromatic heterocycles. The Balaban J connectivity index is 1.50. The standard InChI is InChI=1S/C16H14ClN5O3S2/c1-9-15(25)20-16-22(21-9)12(6-27-16)19-14(24)8-26-7-13(23)18-11-4-2-10(17)3-5-11/h2-6H,7-8H2,1H3,(H,18,23)(H,19,24). The highest BCUT2D eigenvalue weighted by Crippen LogP contribution is 2.17. The molecule has 11 heteroatoms. The fourth-order valence-corrected chi connectivity index (χ4v) is 3.56. The lowest BCUT2D eigenvalue weighted by atomic mass is 10.3. The van der Waals surface area contributed by atoms with E-state index in [1.807, 2.05) is 0 Å². The normalized spacial score (nSPS) is 10.7. The Kier molecular flexibility index (Phi) is 6.09. The van der Waals surface area contributed by atoms with Crippen LogP contribution in [0.1, 0.15) is 5.69 Å². The van der Waals surface area contributed by atoms with Crippen molar-refractivity contribution in [2.45, 2.75) is 6.92 Å². The highest BCUT2D eigenvalue weighted by molar-refractivity contribution is 8.00. The van der Waals surface area contributed by atoms with E-state index < -0.39 is 5.56 Å². The monoisotopic (exact) mass is 423 g/mol. The van der Waals surface area contributed by atoms with Gasteiger partial charge >= 0.3 is 0 Å². The maximum absolute atomic E-state index is 12.1. The Bertz CT molecular complexity index is 1050. The summed E-state index contributed by atoms with van der Waals surface area (Å²) in [5.41, 5.74) is 0.494. The fraction of sp³-hybridized carbons (Fsp3) is 0.188. The van der Waals surface area contributed by atoms with Gasteiger partial charge in [0.15, 0.2) is 0 Å². The summed E-state index contributed by atoms with van der Waals surface area (Å²) in [6.07, 6.45) is 0. The van der Waals surface area contributed by atoms with Gasteiger partial charge in [-0.3, -0.25) is 14.4 Å². The number of benzene rings is 1. The number of nitrogens with zero attached hydrogens (tertiary/aromatic N) is 3. The first-order valence-electron chi connectivity index (χ1n) is 7.70. The predicted octanol–water partition coefficient (Wildman–Crippen LogP) is 2.42. The Hall–Kier alpha value is -2.43. The van der Waals surface area contributed by atoms with E-state index in [9.17, 15) is 14.4 Å². The minimum Gasteiger partial charge on any atom is -0.325 e. The lowest BCUT2D eigenvalue weighted by Crippen LogP contribution is -2.20. The topological polar surface area (TPSA) is 105 Å². The highest BCUT2D eigenvalue weighted by atomic mass is 35.5. The molecule has 0 radical (unpaired) electrons. The van der Waals surface area contributed by atoms with Gasteiger partial charge in [-0.2, -0.15) is 14.6 Å². The molecule has 27 heavy (non-hydrogen) atoms. The third-order valence-corrected chi connectivity index (χ3v) is 5.30. The van der Waals surface area contributed by atoms with Crippen molar-refractivity contribution in [3.63, 3.8) is 0 Å². The van der Waals surface area contributed by atoms with Crippen molar-refractivity contribution in [1.82, 2.24) is 14.6 Å². The molecule has 0 spiro atoms. The minimum atomic E-state index is -0.392. The molecule has 0 atom stereocenters. The molecule has 2 heterocycles. The number of nitrogens with one attached hydrogen (secondary N) is 2. The molecule has 2 N–H and O–H groups in total. The zero-order valence-electron chi connectivity index (χ0n) is 14.1. The van der Waals surface area contributed by atoms with Gasteiger partial charge in [-0.15, -0.1) is 23.1 Å². The number of carbonyl (C=O) groups is 2. The van der Waals surface area contributed by atoms with E-state index in [1.165, 1.54) is 27.6 Å². The Morgan fingerprint density at radius 3 is 2.56 bits per heavy atom. The number of carbonyl (C=O) groups excluding carboxylic acids is 2. The molecule has 1 aromatic carbocycles. The summed E-state index contributed by atoms with van der Waals surface area (Å²) in [6.45, 7) is 1.56. The molecule has 0 aliphatic heterocycles. The van der Waals surface area contributed by atoms with Crippen LogP contribution < -0.4 is 16.2 Å². The van der Waals surface area contributed by atoms with Gasteiger partial charge in [-0.25, -0.2) is 0 Å². The van der Waals surface area contributed by atoms with Gasteiger partial charge < -0.3 is 10.6 Å². The number of fused-ring (bicyclic) bond motifs is 1. The summed E-state index contributed by atoms with van der Waals surface area (Å²) in [4.78, 5) is 39.8. The second-order valence-corrected chi connectivity index (χ2v) is 7.67. The lowest BCUT2D eigenvalue weighted by Gasteiger charge is -2.06. The van der Waals surface area contributed by atoms with Crippen molar-refractivity contribution < 1.29 is 9.59 Å². The summed E-state index contributed by atoms with van der Waals surface area (Å²) >= 11 is 8.18. The second kappa shape index (κ2) is 8.51. The van der Waals surface area contributed by atoms with Crippen LogP contribution >= 0.6 is 34.7 Å². The van der Waals surface area contributed by atoms with E-state index in [1.54, 1.807) is 36.6 Å². The van der Waals surface area contributed by atoms with Crippen LogP contribution in [0, 0.1) is 6.92 Å². The predicted molar refractivity (Wildman–Crippen MR) is 108 cm³/mol. The molecule has 0 saturated heterocycles. The van der Waals surface area contributed by atoms with Gasteiger partial charge in [0, 0.05) is 16.1 Å². The largest absolute Gasteiger partial charge is 0.325 e. The molecular weight excluding hydrogens is 410 g/mol. The second-order valence-electron chi connectivity index (χ2n) is 5.41. The van der Waals surface area contributed by atoms with Crippen molar-refractivity contribution in [2.24, 2.45) is 0 Å². The van der Waals surface area contributed by atoms with E-state index in [-0.39, 0.29) is 29.0 Å². The number of thiazole rings is 1. The van der Waals surface area contributed by atoms with Crippen molar-refractivity contribution in [2.75, 3.05) is 22.1 Å². The lowest BCUT2D eigenvalue weighted by molar-refractivity contribution is -0.114. The van der Waals surface area contributed by atoms with E-state index in [0.29, 0.717) is 21.5 Å². The zero-order valence-corrected chi connectivity index (χ0v) is 16.5. The first-order chi connectivity index (χ1) is 12.9. The molecule has 3 aromatic rings. The Morgan fingerprint density at radius 1 is 1.19 bits per heavy atom. The summed E-state index contributed by atoms with van der Waals surface area (Å²) in [5, 5.41) is 11.8. The Morgan fingerprint density at radius 2 is 1.85 bits per heavy atom. The van der Waals surface area contributed by atoms with E-state index in [4.69, 9.17) is 11.6 Å². The number of amides is 2. The van der Waals surface area contributed by atoms with Gasteiger partial charge in [0.25, 0.3) is 5.56 Å². The maximum Gasteiger partial charge on any atom is 0.295 e. The van der Waals surface area contributed by atoms with Crippen molar-refractivity contribution in [3.8, 4) is 0 Å². The molecule has 0 aliphatic rings. The summed E-state index contributed by atoms with van der Waals surface area (Å²) in [7, 11) is 0. The van der Waals surface area contributed by atoms with Crippen LogP contribution in [0.4, 0.5) is 11.5 Å². The van der Waals surface area contributed by atoms with Gasteiger partial charge in [-0.05, 0) is 31.2 Å². The Labute approximate surface area is 167 Å². The minimum absolute atomic E-state index is 0.0952. The van der Waals surface area contributed by atoms with Crippen LogP contribution in [0.3, 0.4) is 0 Å². The van der Waals surface area contributed by atoms with Crippen LogP contribution in [-0.2, 0) is 9.59 Å². The molecule has 0 unspecified atom stereocenters. The quantitative estimate of drug-likeness (QED) is 0.630. The van der Waals surface area contributed by atoms with E-state index in [2.05, 4.69) is 20.7 Å². The van der Waals surface area contributed by atoms with Crippen molar-refractivity contribution in [3.05, 3.63) is 50.7 Å². The summed E-state index contributed by atoms with van der Waals surface area (Å²) < 4.78 is 1.41. The smallest absolute Gasteiger partial charge is 0.295 e. The maximum atomic E-state index is 12.1. The van der Waals surface area contributed by atoms with Crippen LogP contribution in [0.25, 0.3) is 4.96 Å². The molecule has 0 fully saturated rings. The van der Waals surface area contributed by atoms with Gasteiger partial charge in [0.2, 0.25) is 16.8 Å². The molecule has 3 rings (SSSR count). The summed E-state index contributed by atoms with van der Waals surface area (Å²) in [5.74, 6) is 0.165. The number of hydrogen-bond donors (Lipinski definition) is 2. The molecule has 0 aliphatic carbocycles. The number of aromatic nitrogens is 3. The number of rotatable bonds is 6. The van der Waals surface area contributed by atoms with E-state index in [0.717, 1.165) is 0 Å². The molecule has 8 nitrogen and oxygen atoms in total. The van der Waals surface area contributed by atoms with Crippen LogP contribution in [-0.4, -0.2) is 37.9 Å². The van der Waals surface area contributed by atoms with Crippen molar-refractivity contribution >= 4 is 63.0 Å². The number of hydrogen-bond acceptors (Lipinski definition) is 7. The van der Waals surface area contributed by atoms with Crippen LogP contribution in [0.5, 0.6) is 0 Å². The van der Waals surface area contributed by atoms with Crippen LogP contribution in [0.15, 0.2) is 34.4 Å². The van der Waals surface area contributed by atoms with Gasteiger partial charge in [0.05, 0.1) is 11.5 Å². The van der Waals surface area contributed by atoms with Gasteiger partial charge in [-0.1, -0.05) is 11.6 Å². The first kappa shape index (κ1) is 19.3. The number of anilines is 2. The number of halogens is 1. The molecule has 0 bridgehead atoms. The first-order valence-corrected chi connectivity index (χ1v) is 10.1. The van der Waals surface area contributed by atoms with E-state index >= 15 is 0 Å². The fourth-order valence-electron chi connectivity index (χ4n) is 2.07. The van der Waals surface area contributed by atoms with Crippen molar-refractivity contribution in [1.29, 1.82) is 0 Å². The molecular formula is C16H14ClN5O3S2. The molecule has 0 saturated carbocycles. The number of aryl methyl sites for hydroxylation is 1. The third-order valence-electron chi connectivity index (χ3n) is 3.30. The van der Waals surface area contributed by atoms with Gasteiger partial charge in [0.1, 0.15) is 11.5 Å². The number of thioether (sulfide) groups is 1. The average Bonchev–Trinajstić information content (AvgIpc) is 2.99. The highest BCUT2D eigenvalue weighted by Gasteiger charge is 2.12. The van der Waals surface area contributed by atoms with Crippen LogP contribution in [0.2, 0.25) is 5.02 Å². The molecule has 2 amide bonds. The SMILES string of the molecule is Cc1nn2c(NC(=O)CSCC(=O)Nc3ccc(Cl)cc3)csc2nc1=O.